The second-order valence-electron chi connectivity index (χ2n) is 7.44. The Hall–Kier alpha value is -3.54. The van der Waals surface area contributed by atoms with Crippen molar-refractivity contribution in [2.24, 2.45) is 5.92 Å². The minimum Gasteiger partial charge on any atom is -0.486 e. The summed E-state index contributed by atoms with van der Waals surface area (Å²) < 4.78 is 20.1. The van der Waals surface area contributed by atoms with Gasteiger partial charge in [0.1, 0.15) is 30.1 Å². The molecule has 0 radical (unpaired) electrons. The molecule has 1 N–H and O–H groups in total. The van der Waals surface area contributed by atoms with E-state index in [2.05, 4.69) is 21.4 Å². The molecule has 1 aromatic heterocycles. The first kappa shape index (κ1) is 19.8. The second kappa shape index (κ2) is 8.45. The van der Waals surface area contributed by atoms with Gasteiger partial charge < -0.3 is 15.0 Å². The molecule has 0 spiro atoms. The summed E-state index contributed by atoms with van der Waals surface area (Å²) >= 11 is 0. The van der Waals surface area contributed by atoms with Gasteiger partial charge in [0.25, 0.3) is 0 Å². The van der Waals surface area contributed by atoms with Crippen LogP contribution in [0.4, 0.5) is 10.2 Å². The van der Waals surface area contributed by atoms with Crippen LogP contribution in [0.25, 0.3) is 11.3 Å². The third-order valence-electron chi connectivity index (χ3n) is 5.20. The summed E-state index contributed by atoms with van der Waals surface area (Å²) in [5, 5.41) is 12.3. The summed E-state index contributed by atoms with van der Waals surface area (Å²) in [7, 11) is 0. The molecule has 30 heavy (non-hydrogen) atoms. The summed E-state index contributed by atoms with van der Waals surface area (Å²) in [6.07, 6.45) is 2.07. The van der Waals surface area contributed by atoms with E-state index in [0.717, 1.165) is 12.8 Å². The van der Waals surface area contributed by atoms with Crippen molar-refractivity contribution in [1.82, 2.24) is 14.9 Å². The van der Waals surface area contributed by atoms with Crippen LogP contribution in [-0.4, -0.2) is 52.6 Å². The van der Waals surface area contributed by atoms with Crippen molar-refractivity contribution >= 4 is 18.1 Å². The first-order valence-corrected chi connectivity index (χ1v) is 9.75. The standard InChI is InChI=1S/C21H20FN5O3/c22-16-10-27(12-28)6-5-19(16)30-18-4-3-14(7-15(18)9-23)17-8-20(25-11-24-17)26-21(29)13-1-2-13/h3-4,7-8,11-13,16,19H,1-2,5-6,10H2,(H,24,25,26,29)/t16-,19+/m1/s1. The van der Waals surface area contributed by atoms with Crippen molar-refractivity contribution in [3.63, 3.8) is 0 Å². The minimum absolute atomic E-state index is 0.0234. The minimum atomic E-state index is -1.32. The summed E-state index contributed by atoms with van der Waals surface area (Å²) in [5.41, 5.74) is 1.44. The van der Waals surface area contributed by atoms with Gasteiger partial charge in [-0.2, -0.15) is 5.26 Å². The van der Waals surface area contributed by atoms with Gasteiger partial charge in [0.2, 0.25) is 12.3 Å². The molecule has 2 aliphatic rings. The number of alkyl halides is 1. The third kappa shape index (κ3) is 4.38. The molecule has 154 valence electrons. The number of ether oxygens (including phenoxy) is 1. The Labute approximate surface area is 172 Å². The maximum absolute atomic E-state index is 14.3. The monoisotopic (exact) mass is 409 g/mol. The van der Waals surface area contributed by atoms with Gasteiger partial charge in [0, 0.05) is 30.5 Å². The van der Waals surface area contributed by atoms with Gasteiger partial charge in [0.15, 0.2) is 6.17 Å². The molecule has 1 saturated heterocycles. The molecule has 0 unspecified atom stereocenters. The van der Waals surface area contributed by atoms with Crippen LogP contribution in [0.2, 0.25) is 0 Å². The van der Waals surface area contributed by atoms with Gasteiger partial charge in [-0.05, 0) is 31.0 Å². The number of piperidine rings is 1. The van der Waals surface area contributed by atoms with Crippen molar-refractivity contribution in [3.8, 4) is 23.1 Å². The fourth-order valence-electron chi connectivity index (χ4n) is 3.34. The molecule has 4 rings (SSSR count). The number of likely N-dealkylation sites (tertiary alicyclic amines) is 1. The highest BCUT2D eigenvalue weighted by atomic mass is 19.1. The fourth-order valence-corrected chi connectivity index (χ4v) is 3.34. The molecule has 9 heteroatoms. The first-order valence-electron chi connectivity index (χ1n) is 9.75. The maximum Gasteiger partial charge on any atom is 0.228 e. The zero-order chi connectivity index (χ0) is 21.1. The smallest absolute Gasteiger partial charge is 0.228 e. The van der Waals surface area contributed by atoms with Crippen molar-refractivity contribution in [3.05, 3.63) is 36.2 Å². The number of amides is 2. The molecule has 1 saturated carbocycles. The van der Waals surface area contributed by atoms with Crippen LogP contribution >= 0.6 is 0 Å². The summed E-state index contributed by atoms with van der Waals surface area (Å²) in [6, 6.07) is 8.65. The maximum atomic E-state index is 14.3. The largest absolute Gasteiger partial charge is 0.486 e. The number of nitrogens with zero attached hydrogens (tertiary/aromatic N) is 4. The summed E-state index contributed by atoms with van der Waals surface area (Å²) in [4.78, 5) is 32.4. The molecule has 1 aromatic carbocycles. The van der Waals surface area contributed by atoms with E-state index in [-0.39, 0.29) is 29.7 Å². The summed E-state index contributed by atoms with van der Waals surface area (Å²) in [5.74, 6) is 0.688. The van der Waals surface area contributed by atoms with Crippen molar-refractivity contribution in [2.45, 2.75) is 31.5 Å². The highest BCUT2D eigenvalue weighted by Crippen LogP contribution is 2.31. The van der Waals surface area contributed by atoms with Crippen molar-refractivity contribution in [2.75, 3.05) is 18.4 Å². The lowest BCUT2D eigenvalue weighted by atomic mass is 10.0. The molecule has 2 atom stereocenters. The van der Waals surface area contributed by atoms with Crippen LogP contribution in [0.3, 0.4) is 0 Å². The van der Waals surface area contributed by atoms with Crippen LogP contribution in [-0.2, 0) is 9.59 Å². The van der Waals surface area contributed by atoms with Crippen LogP contribution < -0.4 is 10.1 Å². The lowest BCUT2D eigenvalue weighted by Gasteiger charge is -2.32. The van der Waals surface area contributed by atoms with Gasteiger partial charge >= 0.3 is 0 Å². The highest BCUT2D eigenvalue weighted by molar-refractivity contribution is 5.93. The van der Waals surface area contributed by atoms with Gasteiger partial charge in [-0.1, -0.05) is 0 Å². The van der Waals surface area contributed by atoms with E-state index in [1.165, 1.54) is 11.2 Å². The molecule has 1 aliphatic heterocycles. The Balaban J connectivity index is 1.50. The lowest BCUT2D eigenvalue weighted by molar-refractivity contribution is -0.121. The summed E-state index contributed by atoms with van der Waals surface area (Å²) in [6.45, 7) is 0.384. The zero-order valence-electron chi connectivity index (χ0n) is 16.1. The second-order valence-corrected chi connectivity index (χ2v) is 7.44. The lowest BCUT2D eigenvalue weighted by Crippen LogP contribution is -2.46. The first-order chi connectivity index (χ1) is 14.6. The number of rotatable bonds is 6. The molecule has 8 nitrogen and oxygen atoms in total. The van der Waals surface area contributed by atoms with Crippen LogP contribution in [0.1, 0.15) is 24.8 Å². The number of aromatic nitrogens is 2. The molecular formula is C21H20FN5O3. The topological polar surface area (TPSA) is 108 Å². The van der Waals surface area contributed by atoms with Crippen molar-refractivity contribution in [1.29, 1.82) is 5.26 Å². The predicted octanol–water partition coefficient (Wildman–Crippen LogP) is 2.31. The Morgan fingerprint density at radius 3 is 2.83 bits per heavy atom. The van der Waals surface area contributed by atoms with E-state index >= 15 is 0 Å². The number of halogens is 1. The average Bonchev–Trinajstić information content (AvgIpc) is 3.61. The van der Waals surface area contributed by atoms with Gasteiger partial charge in [0.05, 0.1) is 17.8 Å². The van der Waals surface area contributed by atoms with E-state index in [1.54, 1.807) is 24.3 Å². The van der Waals surface area contributed by atoms with E-state index in [9.17, 15) is 19.2 Å². The Bertz CT molecular complexity index is 1000. The number of anilines is 1. The average molecular weight is 409 g/mol. The Kier molecular flexibility index (Phi) is 5.57. The number of benzene rings is 1. The van der Waals surface area contributed by atoms with Gasteiger partial charge in [-0.3, -0.25) is 9.59 Å². The number of carbonyl (C=O) groups is 2. The molecule has 2 amide bonds. The zero-order valence-corrected chi connectivity index (χ0v) is 16.1. The molecule has 1 aliphatic carbocycles. The molecule has 2 fully saturated rings. The van der Waals surface area contributed by atoms with Crippen LogP contribution in [0, 0.1) is 17.2 Å². The van der Waals surface area contributed by atoms with Gasteiger partial charge in [-0.15, -0.1) is 0 Å². The SMILES string of the molecule is N#Cc1cc(-c2cc(NC(=O)C3CC3)ncn2)ccc1O[C@H]1CCN(C=O)C[C@H]1F. The Morgan fingerprint density at radius 1 is 1.30 bits per heavy atom. The van der Waals surface area contributed by atoms with E-state index < -0.39 is 12.3 Å². The van der Waals surface area contributed by atoms with Crippen LogP contribution in [0.5, 0.6) is 5.75 Å². The Morgan fingerprint density at radius 2 is 2.13 bits per heavy atom. The van der Waals surface area contributed by atoms with E-state index in [1.807, 2.05) is 0 Å². The number of nitrogens with one attached hydrogen (secondary N) is 1. The number of hydrogen-bond acceptors (Lipinski definition) is 6. The van der Waals surface area contributed by atoms with Gasteiger partial charge in [-0.25, -0.2) is 14.4 Å². The molecule has 2 aromatic rings. The number of nitriles is 1. The molecule has 0 bridgehead atoms. The fraction of sp³-hybridized carbons (Fsp3) is 0.381. The molecular weight excluding hydrogens is 389 g/mol. The van der Waals surface area contributed by atoms with E-state index in [4.69, 9.17) is 4.74 Å². The van der Waals surface area contributed by atoms with Crippen LogP contribution in [0.15, 0.2) is 30.6 Å². The highest BCUT2D eigenvalue weighted by Gasteiger charge is 2.31. The van der Waals surface area contributed by atoms with E-state index in [0.29, 0.717) is 36.5 Å². The number of carbonyl (C=O) groups excluding carboxylic acids is 2. The predicted molar refractivity (Wildman–Crippen MR) is 105 cm³/mol. The normalized spacial score (nSPS) is 20.9. The quantitative estimate of drug-likeness (QED) is 0.734. The number of hydrogen-bond donors (Lipinski definition) is 1. The van der Waals surface area contributed by atoms with Crippen molar-refractivity contribution < 1.29 is 18.7 Å². The molecule has 2 heterocycles. The third-order valence-corrected chi connectivity index (χ3v) is 5.20.